The number of nitrogens with zero attached hydrogens (tertiary/aromatic N) is 1. The third-order valence-corrected chi connectivity index (χ3v) is 2.82. The molecule has 1 amide bonds. The number of carbonyl (C=O) groups is 2. The van der Waals surface area contributed by atoms with Crippen LogP contribution in [0.15, 0.2) is 0 Å². The van der Waals surface area contributed by atoms with Crippen LogP contribution in [0.1, 0.15) is 33.1 Å². The number of nitrogens with one attached hydrogen (secondary N) is 1. The van der Waals surface area contributed by atoms with E-state index in [1.54, 1.807) is 0 Å². The fourth-order valence-corrected chi connectivity index (χ4v) is 2.17. The maximum atomic E-state index is 11.6. The van der Waals surface area contributed by atoms with Crippen LogP contribution in [0.5, 0.6) is 0 Å². The summed E-state index contributed by atoms with van der Waals surface area (Å²) in [6.07, 6.45) is 2.43. The van der Waals surface area contributed by atoms with Gasteiger partial charge in [-0.1, -0.05) is 13.8 Å². The predicted octanol–water partition coefficient (Wildman–Crippen LogP) is 0.698. The van der Waals surface area contributed by atoms with Crippen LogP contribution in [0.2, 0.25) is 0 Å². The van der Waals surface area contributed by atoms with E-state index >= 15 is 0 Å². The van der Waals surface area contributed by atoms with Gasteiger partial charge in [0.15, 0.2) is 0 Å². The van der Waals surface area contributed by atoms with Crippen LogP contribution < -0.4 is 5.32 Å². The van der Waals surface area contributed by atoms with Gasteiger partial charge in [-0.3, -0.25) is 14.5 Å². The molecule has 1 heterocycles. The highest BCUT2D eigenvalue weighted by molar-refractivity contribution is 5.76. The van der Waals surface area contributed by atoms with Crippen LogP contribution in [-0.2, 0) is 9.59 Å². The second-order valence-electron chi connectivity index (χ2n) is 5.13. The third kappa shape index (κ3) is 5.68. The van der Waals surface area contributed by atoms with Crippen LogP contribution in [0, 0.1) is 5.92 Å². The van der Waals surface area contributed by atoms with Gasteiger partial charge in [-0.05, 0) is 25.3 Å². The normalized spacial score (nSPS) is 21.5. The Bertz CT molecular complexity index is 279. The smallest absolute Gasteiger partial charge is 0.317 e. The number of rotatable bonds is 5. The van der Waals surface area contributed by atoms with Gasteiger partial charge in [0.1, 0.15) is 0 Å². The number of carboxylic acids is 1. The minimum atomic E-state index is -0.806. The Morgan fingerprint density at radius 1 is 1.47 bits per heavy atom. The van der Waals surface area contributed by atoms with Gasteiger partial charge >= 0.3 is 5.97 Å². The van der Waals surface area contributed by atoms with E-state index in [2.05, 4.69) is 5.32 Å². The molecule has 0 unspecified atom stereocenters. The average Bonchev–Trinajstić information content (AvgIpc) is 2.14. The van der Waals surface area contributed by atoms with E-state index in [0.717, 1.165) is 19.4 Å². The highest BCUT2D eigenvalue weighted by Gasteiger charge is 2.22. The van der Waals surface area contributed by atoms with Gasteiger partial charge in [0, 0.05) is 19.0 Å². The van der Waals surface area contributed by atoms with E-state index in [4.69, 9.17) is 5.11 Å². The maximum Gasteiger partial charge on any atom is 0.317 e. The van der Waals surface area contributed by atoms with Gasteiger partial charge in [0.2, 0.25) is 5.91 Å². The maximum absolute atomic E-state index is 11.6. The quantitative estimate of drug-likeness (QED) is 0.744. The Balaban J connectivity index is 2.34. The molecule has 98 valence electrons. The van der Waals surface area contributed by atoms with Crippen molar-refractivity contribution in [1.82, 2.24) is 10.2 Å². The van der Waals surface area contributed by atoms with Crippen LogP contribution in [0.4, 0.5) is 0 Å². The molecular weight excluding hydrogens is 220 g/mol. The standard InChI is InChI=1S/C12H22N2O3/c1-9(2)6-11(15)13-10-4-3-5-14(7-10)8-12(16)17/h9-10H,3-8H2,1-2H3,(H,13,15)(H,16,17)/t10-/m1/s1. The number of hydrogen-bond acceptors (Lipinski definition) is 3. The van der Waals surface area contributed by atoms with Crippen molar-refractivity contribution in [3.05, 3.63) is 0 Å². The summed E-state index contributed by atoms with van der Waals surface area (Å²) in [6, 6.07) is 0.106. The van der Waals surface area contributed by atoms with Crippen molar-refractivity contribution >= 4 is 11.9 Å². The van der Waals surface area contributed by atoms with E-state index in [-0.39, 0.29) is 18.5 Å². The second-order valence-corrected chi connectivity index (χ2v) is 5.13. The van der Waals surface area contributed by atoms with Gasteiger partial charge < -0.3 is 10.4 Å². The molecule has 1 aliphatic rings. The molecule has 0 aromatic carbocycles. The highest BCUT2D eigenvalue weighted by atomic mass is 16.4. The number of amides is 1. The fourth-order valence-electron chi connectivity index (χ4n) is 2.17. The van der Waals surface area contributed by atoms with Crippen molar-refractivity contribution < 1.29 is 14.7 Å². The van der Waals surface area contributed by atoms with Crippen molar-refractivity contribution in [3.8, 4) is 0 Å². The largest absolute Gasteiger partial charge is 0.480 e. The summed E-state index contributed by atoms with van der Waals surface area (Å²) >= 11 is 0. The second kappa shape index (κ2) is 6.59. The summed E-state index contributed by atoms with van der Waals surface area (Å²) < 4.78 is 0. The predicted molar refractivity (Wildman–Crippen MR) is 64.7 cm³/mol. The van der Waals surface area contributed by atoms with Crippen LogP contribution in [0.25, 0.3) is 0 Å². The molecule has 17 heavy (non-hydrogen) atoms. The molecule has 1 fully saturated rings. The number of hydrogen-bond donors (Lipinski definition) is 2. The molecular formula is C12H22N2O3. The molecule has 0 aliphatic carbocycles. The lowest BCUT2D eigenvalue weighted by Gasteiger charge is -2.32. The molecule has 0 aromatic heterocycles. The minimum Gasteiger partial charge on any atom is -0.480 e. The van der Waals surface area contributed by atoms with Gasteiger partial charge in [-0.15, -0.1) is 0 Å². The van der Waals surface area contributed by atoms with E-state index < -0.39 is 5.97 Å². The number of carbonyl (C=O) groups excluding carboxylic acids is 1. The lowest BCUT2D eigenvalue weighted by Crippen LogP contribution is -2.49. The molecule has 0 saturated carbocycles. The first kappa shape index (κ1) is 14.0. The summed E-state index contributed by atoms with van der Waals surface area (Å²) in [5.41, 5.74) is 0. The van der Waals surface area contributed by atoms with E-state index in [9.17, 15) is 9.59 Å². The molecule has 1 saturated heterocycles. The molecule has 0 aromatic rings. The number of aliphatic carboxylic acids is 1. The monoisotopic (exact) mass is 242 g/mol. The lowest BCUT2D eigenvalue weighted by atomic mass is 10.0. The molecule has 1 atom stereocenters. The van der Waals surface area contributed by atoms with E-state index in [1.807, 2.05) is 18.7 Å². The molecule has 1 rings (SSSR count). The average molecular weight is 242 g/mol. The first-order valence-corrected chi connectivity index (χ1v) is 6.21. The Kier molecular flexibility index (Phi) is 5.41. The van der Waals surface area contributed by atoms with Crippen LogP contribution >= 0.6 is 0 Å². The summed E-state index contributed by atoms with van der Waals surface area (Å²) in [5.74, 6) is -0.380. The summed E-state index contributed by atoms with van der Waals surface area (Å²) in [7, 11) is 0. The van der Waals surface area contributed by atoms with Gasteiger partial charge in [-0.2, -0.15) is 0 Å². The van der Waals surface area contributed by atoms with Crippen LogP contribution in [0.3, 0.4) is 0 Å². The van der Waals surface area contributed by atoms with Gasteiger partial charge in [-0.25, -0.2) is 0 Å². The molecule has 0 bridgehead atoms. The molecule has 0 radical (unpaired) electrons. The zero-order chi connectivity index (χ0) is 12.8. The first-order chi connectivity index (χ1) is 7.97. The van der Waals surface area contributed by atoms with Crippen molar-refractivity contribution in [2.45, 2.75) is 39.2 Å². The Morgan fingerprint density at radius 3 is 2.76 bits per heavy atom. The minimum absolute atomic E-state index is 0.0660. The molecule has 5 nitrogen and oxygen atoms in total. The molecule has 1 aliphatic heterocycles. The Labute approximate surface area is 102 Å². The lowest BCUT2D eigenvalue weighted by molar-refractivity contribution is -0.138. The fraction of sp³-hybridized carbons (Fsp3) is 0.833. The summed E-state index contributed by atoms with van der Waals surface area (Å²) in [5, 5.41) is 11.7. The van der Waals surface area contributed by atoms with Crippen LogP contribution in [-0.4, -0.2) is 47.6 Å². The van der Waals surface area contributed by atoms with E-state index in [0.29, 0.717) is 18.9 Å². The molecule has 5 heteroatoms. The van der Waals surface area contributed by atoms with Crippen molar-refractivity contribution in [2.75, 3.05) is 19.6 Å². The topological polar surface area (TPSA) is 69.6 Å². The number of piperidine rings is 1. The van der Waals surface area contributed by atoms with Crippen molar-refractivity contribution in [1.29, 1.82) is 0 Å². The SMILES string of the molecule is CC(C)CC(=O)N[C@@H]1CCCN(CC(=O)O)C1. The first-order valence-electron chi connectivity index (χ1n) is 6.21. The zero-order valence-electron chi connectivity index (χ0n) is 10.6. The van der Waals surface area contributed by atoms with Gasteiger partial charge in [0.05, 0.1) is 6.54 Å². The molecule has 0 spiro atoms. The van der Waals surface area contributed by atoms with Crippen molar-refractivity contribution in [3.63, 3.8) is 0 Å². The third-order valence-electron chi connectivity index (χ3n) is 2.82. The number of likely N-dealkylation sites (tertiary alicyclic amines) is 1. The van der Waals surface area contributed by atoms with Gasteiger partial charge in [0.25, 0.3) is 0 Å². The zero-order valence-corrected chi connectivity index (χ0v) is 10.6. The summed E-state index contributed by atoms with van der Waals surface area (Å²) in [6.45, 7) is 5.55. The van der Waals surface area contributed by atoms with Crippen molar-refractivity contribution in [2.24, 2.45) is 5.92 Å². The Morgan fingerprint density at radius 2 is 2.18 bits per heavy atom. The highest BCUT2D eigenvalue weighted by Crippen LogP contribution is 2.10. The van der Waals surface area contributed by atoms with E-state index in [1.165, 1.54) is 0 Å². The number of carboxylic acid groups (broad SMARTS) is 1. The Hall–Kier alpha value is -1.10. The molecule has 2 N–H and O–H groups in total. The summed E-state index contributed by atoms with van der Waals surface area (Å²) in [4.78, 5) is 24.1.